The highest BCUT2D eigenvalue weighted by molar-refractivity contribution is 5.86. The van der Waals surface area contributed by atoms with E-state index >= 15 is 0 Å². The van der Waals surface area contributed by atoms with Crippen molar-refractivity contribution in [3.05, 3.63) is 71.9 Å². The van der Waals surface area contributed by atoms with Gasteiger partial charge in [-0.15, -0.1) is 0 Å². The second-order valence-electron chi connectivity index (χ2n) is 4.37. The third kappa shape index (κ3) is 17.9. The van der Waals surface area contributed by atoms with Crippen LogP contribution < -0.4 is 0 Å². The maximum atomic E-state index is 10.4. The second-order valence-corrected chi connectivity index (χ2v) is 4.37. The molecule has 0 aromatic carbocycles. The molecule has 0 saturated heterocycles. The largest absolute Gasteiger partial charge is 0.478 e. The molecule has 0 rings (SSSR count). The van der Waals surface area contributed by atoms with E-state index in [2.05, 4.69) is 13.2 Å². The Hall–Kier alpha value is -2.09. The third-order valence-corrected chi connectivity index (χ3v) is 2.25. The molecule has 1 N–H and O–H groups in total. The fraction of sp³-hybridized carbons (Fsp3) is 0.350. The fourth-order valence-corrected chi connectivity index (χ4v) is 1.04. The average molecular weight is 304 g/mol. The first-order valence-electron chi connectivity index (χ1n) is 7.44. The summed E-state index contributed by atoms with van der Waals surface area (Å²) in [5.74, 6) is -0.872. The van der Waals surface area contributed by atoms with Gasteiger partial charge in [0.15, 0.2) is 0 Å². The van der Waals surface area contributed by atoms with Crippen LogP contribution in [0.15, 0.2) is 71.9 Å². The molecule has 0 aliphatic carbocycles. The second kappa shape index (κ2) is 17.0. The van der Waals surface area contributed by atoms with Crippen molar-refractivity contribution < 1.29 is 9.90 Å². The standard InChI is InChI=1S/C10H14O2.C8H12.C2H6/c1-4-5-6-8(2)7-9(3)10(11)12;1-5-6-8(4)7(2)3;1-2/h4-7H,1-3H3,(H,11,12);5-6H,2,4H2,1,3H3;1-2H3/b5-4-,8-6+,9-7+;6-5-;. The maximum Gasteiger partial charge on any atom is 0.331 e. The van der Waals surface area contributed by atoms with Crippen LogP contribution in [0, 0.1) is 0 Å². The molecule has 0 unspecified atom stereocenters. The van der Waals surface area contributed by atoms with E-state index in [1.807, 2.05) is 71.9 Å². The normalized spacial score (nSPS) is 11.4. The first-order chi connectivity index (χ1) is 10.3. The van der Waals surface area contributed by atoms with Crippen molar-refractivity contribution in [2.75, 3.05) is 0 Å². The van der Waals surface area contributed by atoms with Gasteiger partial charge in [0, 0.05) is 5.57 Å². The number of allylic oxidation sites excluding steroid dienone is 9. The lowest BCUT2D eigenvalue weighted by Gasteiger charge is -1.92. The lowest BCUT2D eigenvalue weighted by Crippen LogP contribution is -1.95. The molecule has 0 aliphatic heterocycles. The number of hydrogen-bond acceptors (Lipinski definition) is 1. The molecule has 0 atom stereocenters. The number of carboxylic acid groups (broad SMARTS) is 1. The Morgan fingerprint density at radius 1 is 1.00 bits per heavy atom. The van der Waals surface area contributed by atoms with E-state index in [1.165, 1.54) is 0 Å². The third-order valence-electron chi connectivity index (χ3n) is 2.25. The molecule has 0 aromatic rings. The van der Waals surface area contributed by atoms with Gasteiger partial charge in [-0.1, -0.05) is 68.5 Å². The summed E-state index contributed by atoms with van der Waals surface area (Å²) in [6, 6.07) is 0. The molecule has 0 bridgehead atoms. The molecule has 0 fully saturated rings. The molecule has 0 saturated carbocycles. The molecule has 0 aliphatic rings. The van der Waals surface area contributed by atoms with Crippen LogP contribution in [0.25, 0.3) is 0 Å². The van der Waals surface area contributed by atoms with Gasteiger partial charge in [0.05, 0.1) is 0 Å². The SMILES string of the molecule is C=C(C)C(=C)/C=C\C.CC.C\C=C/C=C(C)/C=C(\C)C(=O)O. The number of carboxylic acids is 1. The zero-order valence-corrected chi connectivity index (χ0v) is 15.2. The molecule has 124 valence electrons. The Labute approximate surface area is 137 Å². The van der Waals surface area contributed by atoms with Crippen molar-refractivity contribution >= 4 is 5.97 Å². The van der Waals surface area contributed by atoms with E-state index in [1.54, 1.807) is 13.0 Å². The van der Waals surface area contributed by atoms with E-state index < -0.39 is 5.97 Å². The van der Waals surface area contributed by atoms with Crippen molar-refractivity contribution in [1.82, 2.24) is 0 Å². The van der Waals surface area contributed by atoms with Gasteiger partial charge in [-0.05, 0) is 46.3 Å². The van der Waals surface area contributed by atoms with Crippen molar-refractivity contribution in [3.63, 3.8) is 0 Å². The van der Waals surface area contributed by atoms with Crippen molar-refractivity contribution in [1.29, 1.82) is 0 Å². The minimum absolute atomic E-state index is 0.355. The molecule has 2 nitrogen and oxygen atoms in total. The summed E-state index contributed by atoms with van der Waals surface area (Å²) in [7, 11) is 0. The van der Waals surface area contributed by atoms with Crippen LogP contribution in [0.5, 0.6) is 0 Å². The predicted molar refractivity (Wildman–Crippen MR) is 100 cm³/mol. The Balaban J connectivity index is -0.000000313. The zero-order valence-electron chi connectivity index (χ0n) is 15.2. The summed E-state index contributed by atoms with van der Waals surface area (Å²) in [4.78, 5) is 10.4. The highest BCUT2D eigenvalue weighted by Crippen LogP contribution is 2.03. The minimum Gasteiger partial charge on any atom is -0.478 e. The van der Waals surface area contributed by atoms with E-state index in [0.29, 0.717) is 5.57 Å². The zero-order chi connectivity index (χ0) is 18.1. The summed E-state index contributed by atoms with van der Waals surface area (Å²) in [6.45, 7) is 20.8. The van der Waals surface area contributed by atoms with Crippen LogP contribution in [-0.4, -0.2) is 11.1 Å². The lowest BCUT2D eigenvalue weighted by atomic mass is 10.1. The van der Waals surface area contributed by atoms with Crippen LogP contribution in [0.3, 0.4) is 0 Å². The van der Waals surface area contributed by atoms with Gasteiger partial charge in [0.2, 0.25) is 0 Å². The summed E-state index contributed by atoms with van der Waals surface area (Å²) in [5, 5.41) is 8.54. The number of hydrogen-bond donors (Lipinski definition) is 1. The average Bonchev–Trinajstić information content (AvgIpc) is 2.47. The van der Waals surface area contributed by atoms with Gasteiger partial charge in [-0.25, -0.2) is 4.79 Å². The van der Waals surface area contributed by atoms with E-state index in [4.69, 9.17) is 5.11 Å². The van der Waals surface area contributed by atoms with Gasteiger partial charge in [0.25, 0.3) is 0 Å². The molecule has 0 heterocycles. The highest BCUT2D eigenvalue weighted by Gasteiger charge is 1.97. The molecular weight excluding hydrogens is 272 g/mol. The topological polar surface area (TPSA) is 37.3 Å². The Morgan fingerprint density at radius 2 is 1.50 bits per heavy atom. The van der Waals surface area contributed by atoms with Crippen molar-refractivity contribution in [2.45, 2.75) is 48.5 Å². The molecule has 0 spiro atoms. The first-order valence-corrected chi connectivity index (χ1v) is 7.44. The molecule has 0 radical (unpaired) electrons. The monoisotopic (exact) mass is 304 g/mol. The summed E-state index contributed by atoms with van der Waals surface area (Å²) in [6.07, 6.45) is 11.2. The predicted octanol–water partition coefficient (Wildman–Crippen LogP) is 6.26. The van der Waals surface area contributed by atoms with Crippen LogP contribution in [-0.2, 0) is 4.79 Å². The van der Waals surface area contributed by atoms with Gasteiger partial charge in [-0.2, -0.15) is 0 Å². The highest BCUT2D eigenvalue weighted by atomic mass is 16.4. The molecular formula is C20H32O2. The Bertz CT molecular complexity index is 458. The number of carbonyl (C=O) groups is 1. The minimum atomic E-state index is -0.872. The lowest BCUT2D eigenvalue weighted by molar-refractivity contribution is -0.132. The van der Waals surface area contributed by atoms with Crippen LogP contribution in [0.4, 0.5) is 0 Å². The number of rotatable bonds is 5. The van der Waals surface area contributed by atoms with Crippen LogP contribution >= 0.6 is 0 Å². The van der Waals surface area contributed by atoms with Gasteiger partial charge in [0.1, 0.15) is 0 Å². The molecule has 22 heavy (non-hydrogen) atoms. The van der Waals surface area contributed by atoms with Crippen LogP contribution in [0.1, 0.15) is 48.5 Å². The summed E-state index contributed by atoms with van der Waals surface area (Å²) < 4.78 is 0. The van der Waals surface area contributed by atoms with Gasteiger partial charge in [-0.3, -0.25) is 0 Å². The molecule has 2 heteroatoms. The van der Waals surface area contributed by atoms with Gasteiger partial charge >= 0.3 is 5.97 Å². The van der Waals surface area contributed by atoms with Crippen molar-refractivity contribution in [2.24, 2.45) is 0 Å². The summed E-state index contributed by atoms with van der Waals surface area (Å²) >= 11 is 0. The molecule has 0 amide bonds. The van der Waals surface area contributed by atoms with E-state index in [0.717, 1.165) is 16.7 Å². The fourth-order valence-electron chi connectivity index (χ4n) is 1.04. The van der Waals surface area contributed by atoms with Crippen molar-refractivity contribution in [3.8, 4) is 0 Å². The Morgan fingerprint density at radius 3 is 1.77 bits per heavy atom. The maximum absolute atomic E-state index is 10.4. The smallest absolute Gasteiger partial charge is 0.331 e. The van der Waals surface area contributed by atoms with E-state index in [9.17, 15) is 4.79 Å². The van der Waals surface area contributed by atoms with Crippen LogP contribution in [0.2, 0.25) is 0 Å². The first kappa shape index (κ1) is 24.9. The molecule has 0 aromatic heterocycles. The Kier molecular flexibility index (Phi) is 19.2. The quantitative estimate of drug-likeness (QED) is 0.480. The number of aliphatic carboxylic acids is 1. The summed E-state index contributed by atoms with van der Waals surface area (Å²) in [5.41, 5.74) is 3.33. The van der Waals surface area contributed by atoms with E-state index in [-0.39, 0.29) is 0 Å². The van der Waals surface area contributed by atoms with Gasteiger partial charge < -0.3 is 5.11 Å².